The molecule has 0 saturated heterocycles. The van der Waals surface area contributed by atoms with Crippen molar-refractivity contribution in [1.29, 1.82) is 0 Å². The van der Waals surface area contributed by atoms with Gasteiger partial charge >= 0.3 is 12.1 Å². The summed E-state index contributed by atoms with van der Waals surface area (Å²) >= 11 is 5.95. The molecule has 2 rings (SSSR count). The van der Waals surface area contributed by atoms with Gasteiger partial charge in [-0.2, -0.15) is 13.2 Å². The predicted octanol–water partition coefficient (Wildman–Crippen LogP) is 3.65. The number of Topliss-reactive ketones (excluding diaryl/α,β-unsaturated/α-hetero) is 1. The first kappa shape index (κ1) is 17.3. The first-order valence-electron chi connectivity index (χ1n) is 6.59. The summed E-state index contributed by atoms with van der Waals surface area (Å²) in [4.78, 5) is 22.1. The zero-order valence-electron chi connectivity index (χ0n) is 11.9. The quantitative estimate of drug-likeness (QED) is 0.902. The molecule has 0 saturated carbocycles. The SMILES string of the molecule is CC(=O)CCc1cc(Cl)c2c(c1)C=C(C(=O)O)C(C(F)(F)F)O2. The predicted molar refractivity (Wildman–Crippen MR) is 76.5 cm³/mol. The molecule has 1 aliphatic rings. The van der Waals surface area contributed by atoms with Crippen molar-refractivity contribution in [2.45, 2.75) is 32.0 Å². The van der Waals surface area contributed by atoms with Crippen LogP contribution in [0, 0.1) is 0 Å². The Labute approximate surface area is 134 Å². The van der Waals surface area contributed by atoms with Crippen LogP contribution in [0.3, 0.4) is 0 Å². The Hall–Kier alpha value is -2.02. The van der Waals surface area contributed by atoms with Crippen LogP contribution in [-0.2, 0) is 16.0 Å². The van der Waals surface area contributed by atoms with Crippen LogP contribution in [-0.4, -0.2) is 29.1 Å². The third kappa shape index (κ3) is 3.85. The normalized spacial score (nSPS) is 17.1. The number of ketones is 1. The lowest BCUT2D eigenvalue weighted by atomic mass is 9.98. The van der Waals surface area contributed by atoms with Crippen molar-refractivity contribution in [2.24, 2.45) is 0 Å². The van der Waals surface area contributed by atoms with Crippen molar-refractivity contribution < 1.29 is 32.6 Å². The van der Waals surface area contributed by atoms with Crippen LogP contribution >= 0.6 is 11.6 Å². The van der Waals surface area contributed by atoms with E-state index in [4.69, 9.17) is 21.4 Å². The van der Waals surface area contributed by atoms with Gasteiger partial charge in [-0.15, -0.1) is 0 Å². The lowest BCUT2D eigenvalue weighted by molar-refractivity contribution is -0.187. The van der Waals surface area contributed by atoms with E-state index in [-0.39, 0.29) is 28.5 Å². The fourth-order valence-electron chi connectivity index (χ4n) is 2.21. The van der Waals surface area contributed by atoms with Crippen molar-refractivity contribution in [3.8, 4) is 5.75 Å². The van der Waals surface area contributed by atoms with E-state index in [2.05, 4.69) is 0 Å². The highest BCUT2D eigenvalue weighted by molar-refractivity contribution is 6.32. The summed E-state index contributed by atoms with van der Waals surface area (Å²) in [5.41, 5.74) is -0.155. The molecule has 0 aromatic heterocycles. The van der Waals surface area contributed by atoms with Gasteiger partial charge in [0, 0.05) is 12.0 Å². The second kappa shape index (κ2) is 6.23. The van der Waals surface area contributed by atoms with E-state index in [9.17, 15) is 22.8 Å². The molecular formula is C15H12ClF3O4. The third-order valence-corrected chi connectivity index (χ3v) is 3.55. The molecule has 1 unspecified atom stereocenters. The highest BCUT2D eigenvalue weighted by Crippen LogP contribution is 2.41. The maximum atomic E-state index is 13.0. The van der Waals surface area contributed by atoms with Gasteiger partial charge < -0.3 is 14.6 Å². The Morgan fingerprint density at radius 2 is 2.00 bits per heavy atom. The molecule has 0 spiro atoms. The van der Waals surface area contributed by atoms with E-state index in [1.54, 1.807) is 0 Å². The summed E-state index contributed by atoms with van der Waals surface area (Å²) in [7, 11) is 0. The maximum absolute atomic E-state index is 13.0. The Kier molecular flexibility index (Phi) is 4.70. The topological polar surface area (TPSA) is 63.6 Å². The maximum Gasteiger partial charge on any atom is 0.430 e. The number of halogens is 4. The number of benzene rings is 1. The number of ether oxygens (including phenoxy) is 1. The van der Waals surface area contributed by atoms with E-state index in [1.807, 2.05) is 0 Å². The molecule has 0 radical (unpaired) electrons. The molecule has 1 N–H and O–H groups in total. The summed E-state index contributed by atoms with van der Waals surface area (Å²) in [5, 5.41) is 8.93. The van der Waals surface area contributed by atoms with Gasteiger partial charge in [-0.05, 0) is 37.1 Å². The van der Waals surface area contributed by atoms with E-state index in [0.29, 0.717) is 12.0 Å². The second-order valence-electron chi connectivity index (χ2n) is 5.14. The number of hydrogen-bond acceptors (Lipinski definition) is 3. The molecule has 8 heteroatoms. The minimum atomic E-state index is -4.88. The smallest absolute Gasteiger partial charge is 0.430 e. The fourth-order valence-corrected chi connectivity index (χ4v) is 2.50. The molecule has 0 amide bonds. The zero-order chi connectivity index (χ0) is 17.4. The van der Waals surface area contributed by atoms with Crippen molar-refractivity contribution in [3.05, 3.63) is 33.9 Å². The highest BCUT2D eigenvalue weighted by Gasteiger charge is 2.48. The van der Waals surface area contributed by atoms with E-state index >= 15 is 0 Å². The molecular weight excluding hydrogens is 337 g/mol. The Balaban J connectivity index is 2.47. The molecule has 1 heterocycles. The van der Waals surface area contributed by atoms with Crippen molar-refractivity contribution >= 4 is 29.4 Å². The van der Waals surface area contributed by atoms with Crippen molar-refractivity contribution in [1.82, 2.24) is 0 Å². The molecule has 1 aromatic carbocycles. The lowest BCUT2D eigenvalue weighted by Gasteiger charge is -2.28. The number of carboxylic acid groups (broad SMARTS) is 1. The first-order valence-corrected chi connectivity index (χ1v) is 6.97. The highest BCUT2D eigenvalue weighted by atomic mass is 35.5. The van der Waals surface area contributed by atoms with Crippen molar-refractivity contribution in [3.63, 3.8) is 0 Å². The molecule has 4 nitrogen and oxygen atoms in total. The fraction of sp³-hybridized carbons (Fsp3) is 0.333. The van der Waals surface area contributed by atoms with Crippen LogP contribution in [0.4, 0.5) is 13.2 Å². The number of alkyl halides is 3. The van der Waals surface area contributed by atoms with Crippen LogP contribution in [0.1, 0.15) is 24.5 Å². The average molecular weight is 349 g/mol. The average Bonchev–Trinajstić information content (AvgIpc) is 2.42. The minimum Gasteiger partial charge on any atom is -0.478 e. The summed E-state index contributed by atoms with van der Waals surface area (Å²) in [5.74, 6) is -1.98. The van der Waals surface area contributed by atoms with Gasteiger partial charge in [0.25, 0.3) is 0 Å². The Morgan fingerprint density at radius 1 is 1.35 bits per heavy atom. The lowest BCUT2D eigenvalue weighted by Crippen LogP contribution is -2.40. The third-order valence-electron chi connectivity index (χ3n) is 3.27. The Bertz CT molecular complexity index is 695. The number of aliphatic carboxylic acids is 1. The number of carbonyl (C=O) groups excluding carboxylic acids is 1. The van der Waals surface area contributed by atoms with E-state index in [1.165, 1.54) is 19.1 Å². The van der Waals surface area contributed by atoms with Gasteiger partial charge in [-0.25, -0.2) is 4.79 Å². The number of hydrogen-bond donors (Lipinski definition) is 1. The van der Waals surface area contributed by atoms with Crippen LogP contribution in [0.25, 0.3) is 6.08 Å². The van der Waals surface area contributed by atoms with Gasteiger partial charge in [0.2, 0.25) is 6.10 Å². The van der Waals surface area contributed by atoms with E-state index in [0.717, 1.165) is 6.08 Å². The van der Waals surface area contributed by atoms with Crippen LogP contribution < -0.4 is 4.74 Å². The van der Waals surface area contributed by atoms with Gasteiger partial charge in [-0.3, -0.25) is 0 Å². The summed E-state index contributed by atoms with van der Waals surface area (Å²) in [6.45, 7) is 1.42. The number of fused-ring (bicyclic) bond motifs is 1. The standard InChI is InChI=1S/C15H12ClF3O4/c1-7(20)2-3-8-4-9-6-10(14(21)22)13(15(17,18)19)23-12(9)11(16)5-8/h4-6,13H,2-3H2,1H3,(H,21,22). The molecule has 1 aliphatic heterocycles. The monoisotopic (exact) mass is 348 g/mol. The zero-order valence-corrected chi connectivity index (χ0v) is 12.7. The Morgan fingerprint density at radius 3 is 2.52 bits per heavy atom. The molecule has 0 fully saturated rings. The molecule has 1 atom stereocenters. The summed E-state index contributed by atoms with van der Waals surface area (Å²) in [6, 6.07) is 2.88. The number of aryl methyl sites for hydroxylation is 1. The van der Waals surface area contributed by atoms with Crippen LogP contribution in [0.15, 0.2) is 17.7 Å². The minimum absolute atomic E-state index is 0.0472. The molecule has 0 bridgehead atoms. The first-order chi connectivity index (χ1) is 10.6. The number of carboxylic acids is 1. The van der Waals surface area contributed by atoms with Gasteiger partial charge in [-0.1, -0.05) is 11.6 Å². The van der Waals surface area contributed by atoms with Crippen LogP contribution in [0.2, 0.25) is 5.02 Å². The molecule has 1 aromatic rings. The summed E-state index contributed by atoms with van der Waals surface area (Å²) in [6.07, 6.45) is -5.95. The number of rotatable bonds is 4. The molecule has 124 valence electrons. The van der Waals surface area contributed by atoms with Crippen molar-refractivity contribution in [2.75, 3.05) is 0 Å². The molecule has 23 heavy (non-hydrogen) atoms. The second-order valence-corrected chi connectivity index (χ2v) is 5.55. The van der Waals surface area contributed by atoms with Gasteiger partial charge in [0.15, 0.2) is 0 Å². The number of carbonyl (C=O) groups is 2. The van der Waals surface area contributed by atoms with Gasteiger partial charge in [0.1, 0.15) is 11.5 Å². The largest absolute Gasteiger partial charge is 0.478 e. The van der Waals surface area contributed by atoms with Crippen LogP contribution in [0.5, 0.6) is 5.75 Å². The molecule has 0 aliphatic carbocycles. The van der Waals surface area contributed by atoms with E-state index < -0.39 is 23.8 Å². The van der Waals surface area contributed by atoms with Gasteiger partial charge in [0.05, 0.1) is 10.6 Å². The summed E-state index contributed by atoms with van der Waals surface area (Å²) < 4.78 is 43.7.